The van der Waals surface area contributed by atoms with Crippen molar-refractivity contribution in [1.29, 1.82) is 0 Å². The fourth-order valence-electron chi connectivity index (χ4n) is 3.98. The number of aryl methyl sites for hydroxylation is 3. The van der Waals surface area contributed by atoms with Crippen LogP contribution in [0.1, 0.15) is 24.5 Å². The number of thiol groups is 1. The Kier molecular flexibility index (Phi) is 5.55. The standard InChI is InChI=1S/C23H25ClN4OS/c1-5-6-28(12-30)21-9-16-18(24)10-20(25-19(16)7-13(21)2)17-8-15-11-27(4)26-22(15)14(3)23(17)29/h7-11,29-30H,5-6,12H2,1-4H3. The number of hydrogen-bond acceptors (Lipinski definition) is 5. The Morgan fingerprint density at radius 1 is 1.20 bits per heavy atom. The zero-order valence-corrected chi connectivity index (χ0v) is 19.2. The minimum Gasteiger partial charge on any atom is -0.507 e. The lowest BCUT2D eigenvalue weighted by Gasteiger charge is -2.24. The quantitative estimate of drug-likeness (QED) is 0.301. The van der Waals surface area contributed by atoms with Crippen molar-refractivity contribution >= 4 is 51.7 Å². The van der Waals surface area contributed by atoms with E-state index in [0.29, 0.717) is 22.2 Å². The normalized spacial score (nSPS) is 11.5. The molecule has 0 atom stereocenters. The first kappa shape index (κ1) is 20.8. The number of fused-ring (bicyclic) bond motifs is 2. The molecule has 156 valence electrons. The van der Waals surface area contributed by atoms with Gasteiger partial charge in [-0.1, -0.05) is 18.5 Å². The molecule has 0 fully saturated rings. The summed E-state index contributed by atoms with van der Waals surface area (Å²) < 4.78 is 1.75. The highest BCUT2D eigenvalue weighted by molar-refractivity contribution is 7.80. The monoisotopic (exact) mass is 440 g/mol. The molecule has 5 nitrogen and oxygen atoms in total. The molecular formula is C23H25ClN4OS. The van der Waals surface area contributed by atoms with E-state index >= 15 is 0 Å². The van der Waals surface area contributed by atoms with Gasteiger partial charge < -0.3 is 10.0 Å². The number of pyridine rings is 1. The molecule has 0 aliphatic heterocycles. The predicted molar refractivity (Wildman–Crippen MR) is 129 cm³/mol. The third kappa shape index (κ3) is 3.48. The molecule has 1 N–H and O–H groups in total. The smallest absolute Gasteiger partial charge is 0.130 e. The lowest BCUT2D eigenvalue weighted by atomic mass is 10.0. The lowest BCUT2D eigenvalue weighted by molar-refractivity contribution is 0.474. The average molecular weight is 441 g/mol. The number of phenolic OH excluding ortho intramolecular Hbond substituents is 1. The van der Waals surface area contributed by atoms with Crippen molar-refractivity contribution < 1.29 is 5.11 Å². The number of aromatic hydroxyl groups is 1. The van der Waals surface area contributed by atoms with Gasteiger partial charge in [-0.3, -0.25) is 4.68 Å². The topological polar surface area (TPSA) is 54.2 Å². The number of phenols is 1. The van der Waals surface area contributed by atoms with Crippen molar-refractivity contribution in [3.05, 3.63) is 46.6 Å². The van der Waals surface area contributed by atoms with Crippen molar-refractivity contribution in [2.45, 2.75) is 27.2 Å². The van der Waals surface area contributed by atoms with Crippen LogP contribution in [0, 0.1) is 13.8 Å². The number of aromatic nitrogens is 3. The van der Waals surface area contributed by atoms with Crippen LogP contribution in [0.3, 0.4) is 0 Å². The van der Waals surface area contributed by atoms with Crippen LogP contribution in [-0.4, -0.2) is 32.3 Å². The SMILES string of the molecule is CCCN(CS)c1cc2c(Cl)cc(-c3cc4cn(C)nc4c(C)c3O)nc2cc1C. The van der Waals surface area contributed by atoms with Crippen molar-refractivity contribution in [2.24, 2.45) is 7.05 Å². The van der Waals surface area contributed by atoms with E-state index < -0.39 is 0 Å². The number of halogens is 1. The van der Waals surface area contributed by atoms with E-state index in [2.05, 4.69) is 48.6 Å². The Balaban J connectivity index is 1.90. The first-order valence-electron chi connectivity index (χ1n) is 9.97. The summed E-state index contributed by atoms with van der Waals surface area (Å²) in [5.74, 6) is 0.823. The Hall–Kier alpha value is -2.44. The molecule has 4 rings (SSSR count). The first-order chi connectivity index (χ1) is 14.3. The summed E-state index contributed by atoms with van der Waals surface area (Å²) in [6, 6.07) is 7.88. The molecule has 0 saturated heterocycles. The van der Waals surface area contributed by atoms with Crippen LogP contribution in [0.15, 0.2) is 30.5 Å². The molecule has 4 aromatic rings. The van der Waals surface area contributed by atoms with Crippen molar-refractivity contribution in [3.8, 4) is 17.0 Å². The number of rotatable bonds is 5. The van der Waals surface area contributed by atoms with Crippen molar-refractivity contribution in [1.82, 2.24) is 14.8 Å². The van der Waals surface area contributed by atoms with Gasteiger partial charge in [0, 0.05) is 47.4 Å². The van der Waals surface area contributed by atoms with Gasteiger partial charge in [-0.25, -0.2) is 4.98 Å². The molecule has 0 radical (unpaired) electrons. The largest absolute Gasteiger partial charge is 0.507 e. The summed E-state index contributed by atoms with van der Waals surface area (Å²) in [6.07, 6.45) is 2.97. The molecule has 0 aliphatic carbocycles. The van der Waals surface area contributed by atoms with Crippen LogP contribution in [0.4, 0.5) is 5.69 Å². The van der Waals surface area contributed by atoms with Gasteiger partial charge in [0.25, 0.3) is 0 Å². The van der Waals surface area contributed by atoms with Crippen LogP contribution in [0.5, 0.6) is 5.75 Å². The lowest BCUT2D eigenvalue weighted by Crippen LogP contribution is -2.23. The van der Waals surface area contributed by atoms with Gasteiger partial charge in [0.05, 0.1) is 27.6 Å². The fourth-order valence-corrected chi connectivity index (χ4v) is 4.53. The zero-order chi connectivity index (χ0) is 21.6. The molecular weight excluding hydrogens is 416 g/mol. The summed E-state index contributed by atoms with van der Waals surface area (Å²) >= 11 is 11.2. The van der Waals surface area contributed by atoms with E-state index in [-0.39, 0.29) is 5.75 Å². The highest BCUT2D eigenvalue weighted by Gasteiger charge is 2.17. The van der Waals surface area contributed by atoms with Gasteiger partial charge in [0.2, 0.25) is 0 Å². The molecule has 0 amide bonds. The van der Waals surface area contributed by atoms with Crippen LogP contribution >= 0.6 is 24.2 Å². The number of benzene rings is 2. The zero-order valence-electron chi connectivity index (χ0n) is 17.6. The summed E-state index contributed by atoms with van der Waals surface area (Å²) in [4.78, 5) is 7.08. The highest BCUT2D eigenvalue weighted by Crippen LogP contribution is 2.39. The molecule has 0 unspecified atom stereocenters. The Bertz CT molecular complexity index is 1270. The molecule has 2 heterocycles. The van der Waals surface area contributed by atoms with E-state index in [4.69, 9.17) is 16.6 Å². The van der Waals surface area contributed by atoms with Crippen LogP contribution < -0.4 is 4.90 Å². The molecule has 0 spiro atoms. The predicted octanol–water partition coefficient (Wildman–Crippen LogP) is 5.87. The minimum absolute atomic E-state index is 0.182. The Morgan fingerprint density at radius 3 is 2.67 bits per heavy atom. The molecule has 0 bridgehead atoms. The maximum absolute atomic E-state index is 10.8. The molecule has 0 saturated carbocycles. The number of hydrogen-bond donors (Lipinski definition) is 2. The van der Waals surface area contributed by atoms with E-state index in [0.717, 1.165) is 51.6 Å². The molecule has 2 aromatic heterocycles. The summed E-state index contributed by atoms with van der Waals surface area (Å²) in [6.45, 7) is 7.03. The maximum atomic E-state index is 10.8. The van der Waals surface area contributed by atoms with E-state index in [1.165, 1.54) is 0 Å². The minimum atomic E-state index is 0.182. The van der Waals surface area contributed by atoms with Crippen molar-refractivity contribution in [2.75, 3.05) is 17.3 Å². The molecule has 30 heavy (non-hydrogen) atoms. The fraction of sp³-hybridized carbons (Fsp3) is 0.304. The van der Waals surface area contributed by atoms with Crippen molar-refractivity contribution in [3.63, 3.8) is 0 Å². The van der Waals surface area contributed by atoms with E-state index in [1.807, 2.05) is 32.3 Å². The summed E-state index contributed by atoms with van der Waals surface area (Å²) in [7, 11) is 1.87. The van der Waals surface area contributed by atoms with Crippen LogP contribution in [0.25, 0.3) is 33.1 Å². The van der Waals surface area contributed by atoms with E-state index in [1.54, 1.807) is 4.68 Å². The highest BCUT2D eigenvalue weighted by atomic mass is 35.5. The maximum Gasteiger partial charge on any atom is 0.130 e. The van der Waals surface area contributed by atoms with Gasteiger partial charge in [0.1, 0.15) is 5.75 Å². The number of anilines is 1. The average Bonchev–Trinajstić information content (AvgIpc) is 3.09. The summed E-state index contributed by atoms with van der Waals surface area (Å²) in [5.41, 5.74) is 5.86. The second-order valence-corrected chi connectivity index (χ2v) is 8.38. The third-order valence-electron chi connectivity index (χ3n) is 5.48. The van der Waals surface area contributed by atoms with Gasteiger partial charge in [-0.05, 0) is 50.1 Å². The second-order valence-electron chi connectivity index (χ2n) is 7.69. The van der Waals surface area contributed by atoms with Crippen LogP contribution in [0.2, 0.25) is 5.02 Å². The second kappa shape index (κ2) is 8.00. The van der Waals surface area contributed by atoms with Crippen LogP contribution in [-0.2, 0) is 7.05 Å². The Morgan fingerprint density at radius 2 is 1.97 bits per heavy atom. The van der Waals surface area contributed by atoms with Gasteiger partial charge in [-0.15, -0.1) is 0 Å². The molecule has 7 heteroatoms. The van der Waals surface area contributed by atoms with Gasteiger partial charge in [0.15, 0.2) is 0 Å². The third-order valence-corrected chi connectivity index (χ3v) is 6.13. The van der Waals surface area contributed by atoms with Gasteiger partial charge >= 0.3 is 0 Å². The molecule has 2 aromatic carbocycles. The molecule has 0 aliphatic rings. The van der Waals surface area contributed by atoms with Gasteiger partial charge in [-0.2, -0.15) is 17.7 Å². The summed E-state index contributed by atoms with van der Waals surface area (Å²) in [5, 5.41) is 17.7. The Labute approximate surface area is 186 Å². The van der Waals surface area contributed by atoms with E-state index in [9.17, 15) is 5.11 Å². The number of nitrogens with zero attached hydrogens (tertiary/aromatic N) is 4. The first-order valence-corrected chi connectivity index (χ1v) is 11.0.